The molecule has 2 heterocycles. The molecule has 178 valence electrons. The largest absolute Gasteiger partial charge is 0.383 e. The van der Waals surface area contributed by atoms with Crippen LogP contribution in [0.5, 0.6) is 0 Å². The second kappa shape index (κ2) is 9.56. The highest BCUT2D eigenvalue weighted by Gasteiger charge is 2.49. The van der Waals surface area contributed by atoms with Gasteiger partial charge in [-0.05, 0) is 37.0 Å². The van der Waals surface area contributed by atoms with Gasteiger partial charge in [0.05, 0.1) is 24.0 Å². The third-order valence-corrected chi connectivity index (χ3v) is 6.76. The first-order chi connectivity index (χ1) is 16.6. The summed E-state index contributed by atoms with van der Waals surface area (Å²) in [4.78, 5) is 15.2. The fraction of sp³-hybridized carbons (Fsp3) is 0.385. The molecule has 5 rings (SSSR count). The molecule has 2 amide bonds. The van der Waals surface area contributed by atoms with Gasteiger partial charge in [-0.2, -0.15) is 5.10 Å². The van der Waals surface area contributed by atoms with Crippen molar-refractivity contribution in [3.8, 4) is 5.69 Å². The molecule has 3 aromatic rings. The maximum Gasteiger partial charge on any atom is 0.320 e. The number of alkyl halides is 1. The van der Waals surface area contributed by atoms with E-state index >= 15 is 4.39 Å². The van der Waals surface area contributed by atoms with Crippen LogP contribution in [0.15, 0.2) is 60.7 Å². The Hall–Kier alpha value is -3.23. The first-order valence-electron chi connectivity index (χ1n) is 11.8. The van der Waals surface area contributed by atoms with E-state index in [-0.39, 0.29) is 6.54 Å². The van der Waals surface area contributed by atoms with Crippen LogP contribution in [0.3, 0.4) is 0 Å². The number of anilines is 1. The standard InChI is InChI=1S/C26H30FN5O2/c1-34-16-15-31-17-23(26(27,18-31)19-9-4-2-5-10-19)28-25(33)29-24-21-13-8-14-22(21)30-32(24)20-11-6-3-7-12-20/h2-7,9-12,23H,8,13-18H2,1H3,(H2,28,29,33)/t23-,26+/m1/s1. The van der Waals surface area contributed by atoms with Crippen LogP contribution in [0.25, 0.3) is 5.69 Å². The quantitative estimate of drug-likeness (QED) is 0.561. The molecule has 0 radical (unpaired) electrons. The summed E-state index contributed by atoms with van der Waals surface area (Å²) < 4.78 is 23.4. The van der Waals surface area contributed by atoms with Crippen molar-refractivity contribution >= 4 is 11.8 Å². The van der Waals surface area contributed by atoms with E-state index in [2.05, 4.69) is 10.6 Å². The number of likely N-dealkylation sites (tertiary alicyclic amines) is 1. The van der Waals surface area contributed by atoms with Gasteiger partial charge in [-0.1, -0.05) is 48.5 Å². The zero-order valence-electron chi connectivity index (χ0n) is 19.3. The zero-order chi connectivity index (χ0) is 23.5. The number of hydrogen-bond acceptors (Lipinski definition) is 4. The van der Waals surface area contributed by atoms with Gasteiger partial charge < -0.3 is 10.1 Å². The Morgan fingerprint density at radius 1 is 1.15 bits per heavy atom. The van der Waals surface area contributed by atoms with Crippen LogP contribution in [0.4, 0.5) is 15.0 Å². The summed E-state index contributed by atoms with van der Waals surface area (Å²) in [6.45, 7) is 1.70. The Labute approximate surface area is 198 Å². The van der Waals surface area contributed by atoms with Crippen molar-refractivity contribution < 1.29 is 13.9 Å². The molecular weight excluding hydrogens is 433 g/mol. The number of nitrogens with one attached hydrogen (secondary N) is 2. The van der Waals surface area contributed by atoms with Gasteiger partial charge in [0.2, 0.25) is 0 Å². The molecule has 0 saturated carbocycles. The number of carbonyl (C=O) groups excluding carboxylic acids is 1. The number of methoxy groups -OCH3 is 1. The molecular formula is C26H30FN5O2. The summed E-state index contributed by atoms with van der Waals surface area (Å²) in [7, 11) is 1.63. The number of ether oxygens (including phenoxy) is 1. The van der Waals surface area contributed by atoms with E-state index in [0.29, 0.717) is 31.1 Å². The highest BCUT2D eigenvalue weighted by molar-refractivity contribution is 5.90. The number of nitrogens with zero attached hydrogens (tertiary/aromatic N) is 3. The summed E-state index contributed by atoms with van der Waals surface area (Å²) in [5, 5.41) is 10.7. The molecule has 2 aliphatic rings. The minimum atomic E-state index is -1.70. The number of urea groups is 1. The second-order valence-electron chi connectivity index (χ2n) is 8.98. The molecule has 1 aliphatic carbocycles. The summed E-state index contributed by atoms with van der Waals surface area (Å²) in [5.41, 5.74) is 1.81. The minimum absolute atomic E-state index is 0.197. The monoisotopic (exact) mass is 463 g/mol. The lowest BCUT2D eigenvalue weighted by Crippen LogP contribution is -2.49. The first-order valence-corrected chi connectivity index (χ1v) is 11.8. The van der Waals surface area contributed by atoms with E-state index in [1.54, 1.807) is 23.9 Å². The number of halogens is 1. The van der Waals surface area contributed by atoms with Crippen molar-refractivity contribution in [3.63, 3.8) is 0 Å². The number of rotatable bonds is 7. The summed E-state index contributed by atoms with van der Waals surface area (Å²) in [6, 6.07) is 17.7. The maximum absolute atomic E-state index is 16.4. The number of amides is 2. The number of hydrogen-bond donors (Lipinski definition) is 2. The Balaban J connectivity index is 1.39. The van der Waals surface area contributed by atoms with Crippen LogP contribution in [0.1, 0.15) is 23.2 Å². The lowest BCUT2D eigenvalue weighted by Gasteiger charge is -2.27. The Morgan fingerprint density at radius 2 is 1.88 bits per heavy atom. The van der Waals surface area contributed by atoms with Gasteiger partial charge in [0, 0.05) is 32.3 Å². The summed E-state index contributed by atoms with van der Waals surface area (Å²) in [6.07, 6.45) is 2.77. The van der Waals surface area contributed by atoms with Gasteiger partial charge >= 0.3 is 6.03 Å². The van der Waals surface area contributed by atoms with Crippen LogP contribution in [-0.2, 0) is 23.2 Å². The Bertz CT molecular complexity index is 1140. The number of carbonyl (C=O) groups is 1. The Kier molecular flexibility index (Phi) is 6.34. The average Bonchev–Trinajstić information content (AvgIpc) is 3.54. The highest BCUT2D eigenvalue weighted by Crippen LogP contribution is 2.37. The van der Waals surface area contributed by atoms with Gasteiger partial charge in [-0.15, -0.1) is 0 Å². The molecule has 0 spiro atoms. The van der Waals surface area contributed by atoms with Gasteiger partial charge in [0.1, 0.15) is 5.82 Å². The summed E-state index contributed by atoms with van der Waals surface area (Å²) in [5.74, 6) is 0.662. The van der Waals surface area contributed by atoms with Crippen LogP contribution < -0.4 is 10.6 Å². The highest BCUT2D eigenvalue weighted by atomic mass is 19.1. The molecule has 1 aliphatic heterocycles. The third-order valence-electron chi connectivity index (χ3n) is 6.76. The normalized spacial score (nSPS) is 22.0. The van der Waals surface area contributed by atoms with Gasteiger partial charge in [-0.25, -0.2) is 13.9 Å². The SMILES string of the molecule is COCCN1C[C@@H](NC(=O)Nc2c3c(nn2-c2ccccc2)CCC3)[C@@](F)(c2ccccc2)C1. The van der Waals surface area contributed by atoms with Crippen molar-refractivity contribution in [3.05, 3.63) is 77.5 Å². The number of aromatic nitrogens is 2. The van der Waals surface area contributed by atoms with E-state index in [1.807, 2.05) is 53.4 Å². The second-order valence-corrected chi connectivity index (χ2v) is 8.98. The lowest BCUT2D eigenvalue weighted by molar-refractivity contribution is 0.125. The average molecular weight is 464 g/mol. The summed E-state index contributed by atoms with van der Waals surface area (Å²) >= 11 is 0. The molecule has 7 nitrogen and oxygen atoms in total. The smallest absolute Gasteiger partial charge is 0.320 e. The minimum Gasteiger partial charge on any atom is -0.383 e. The zero-order valence-corrected chi connectivity index (χ0v) is 19.3. The van der Waals surface area contributed by atoms with E-state index in [1.165, 1.54) is 0 Å². The van der Waals surface area contributed by atoms with Crippen molar-refractivity contribution in [2.75, 3.05) is 38.7 Å². The molecule has 2 aromatic carbocycles. The van der Waals surface area contributed by atoms with Crippen molar-refractivity contribution in [2.45, 2.75) is 31.0 Å². The predicted octanol–water partition coefficient (Wildman–Crippen LogP) is 3.68. The molecule has 2 N–H and O–H groups in total. The van der Waals surface area contributed by atoms with Crippen LogP contribution >= 0.6 is 0 Å². The van der Waals surface area contributed by atoms with E-state index in [4.69, 9.17) is 9.84 Å². The van der Waals surface area contributed by atoms with E-state index in [9.17, 15) is 4.79 Å². The fourth-order valence-electron chi connectivity index (χ4n) is 5.04. The van der Waals surface area contributed by atoms with Gasteiger partial charge in [0.25, 0.3) is 0 Å². The molecule has 0 bridgehead atoms. The first kappa shape index (κ1) is 22.6. The van der Waals surface area contributed by atoms with Crippen LogP contribution in [0, 0.1) is 0 Å². The molecule has 1 saturated heterocycles. The molecule has 1 aromatic heterocycles. The van der Waals surface area contributed by atoms with E-state index in [0.717, 1.165) is 36.2 Å². The number of para-hydroxylation sites is 1. The third kappa shape index (κ3) is 4.31. The number of fused-ring (bicyclic) bond motifs is 1. The van der Waals surface area contributed by atoms with Crippen molar-refractivity contribution in [1.82, 2.24) is 20.0 Å². The molecule has 0 unspecified atom stereocenters. The maximum atomic E-state index is 16.4. The molecule has 1 fully saturated rings. The predicted molar refractivity (Wildman–Crippen MR) is 129 cm³/mol. The number of aryl methyl sites for hydroxylation is 1. The molecule has 8 heteroatoms. The fourth-order valence-corrected chi connectivity index (χ4v) is 5.04. The molecule has 34 heavy (non-hydrogen) atoms. The van der Waals surface area contributed by atoms with Gasteiger partial charge in [0.15, 0.2) is 5.67 Å². The van der Waals surface area contributed by atoms with Crippen LogP contribution in [-0.4, -0.2) is 60.1 Å². The number of benzene rings is 2. The Morgan fingerprint density at radius 3 is 2.62 bits per heavy atom. The van der Waals surface area contributed by atoms with Crippen molar-refractivity contribution in [1.29, 1.82) is 0 Å². The van der Waals surface area contributed by atoms with Crippen molar-refractivity contribution in [2.24, 2.45) is 0 Å². The van der Waals surface area contributed by atoms with E-state index < -0.39 is 17.7 Å². The van der Waals surface area contributed by atoms with Gasteiger partial charge in [-0.3, -0.25) is 10.2 Å². The molecule has 2 atom stereocenters. The topological polar surface area (TPSA) is 71.4 Å². The van der Waals surface area contributed by atoms with Crippen LogP contribution in [0.2, 0.25) is 0 Å². The lowest BCUT2D eigenvalue weighted by atomic mass is 9.91.